The first-order valence-electron chi connectivity index (χ1n) is 0.805. The summed E-state index contributed by atoms with van der Waals surface area (Å²) in [4.78, 5) is 0. The molecule has 0 unspecified atom stereocenters. The van der Waals surface area contributed by atoms with Gasteiger partial charge in [0.15, 0.2) is 0 Å². The third-order valence-electron chi connectivity index (χ3n) is 0. The van der Waals surface area contributed by atoms with Crippen LogP contribution in [0.4, 0.5) is 0 Å². The first-order valence-corrected chi connectivity index (χ1v) is 2.41. The van der Waals surface area contributed by atoms with E-state index in [1.807, 2.05) is 0 Å². The van der Waals surface area contributed by atoms with Crippen LogP contribution in [0.15, 0.2) is 0 Å². The van der Waals surface area contributed by atoms with Crippen molar-refractivity contribution in [2.24, 2.45) is 0 Å². The molecule has 0 aliphatic carbocycles. The molecule has 0 aromatic heterocycles. The van der Waals surface area contributed by atoms with Crippen LogP contribution in [0.25, 0.3) is 0 Å². The van der Waals surface area contributed by atoms with Crippen molar-refractivity contribution < 1.29 is 35.4 Å². The van der Waals surface area contributed by atoms with Crippen LogP contribution in [-0.2, 0) is 32.5 Å². The second kappa shape index (κ2) is 2.76. The van der Waals surface area contributed by atoms with Gasteiger partial charge in [0.1, 0.15) is 10.1 Å². The Morgan fingerprint density at radius 3 is 1.50 bits per heavy atom. The van der Waals surface area contributed by atoms with E-state index in [1.54, 1.807) is 0 Å². The molecule has 0 rings (SSSR count). The summed E-state index contributed by atoms with van der Waals surface area (Å²) in [5, 5.41) is 0. The molecule has 0 aromatic carbocycles. The summed E-state index contributed by atoms with van der Waals surface area (Å²) in [6, 6.07) is 0. The molecular weight excluding hydrogens is 200 g/mol. The Labute approximate surface area is 52.0 Å². The van der Waals surface area contributed by atoms with Crippen LogP contribution in [0, 0.1) is 6.26 Å². The van der Waals surface area contributed by atoms with Gasteiger partial charge in [0.2, 0.25) is 0 Å². The summed E-state index contributed by atoms with van der Waals surface area (Å²) in [6.45, 7) is 0. The zero-order valence-corrected chi connectivity index (χ0v) is 4.98. The monoisotopic (exact) mass is 202 g/mol. The Morgan fingerprint density at radius 1 is 1.50 bits per heavy atom. The van der Waals surface area contributed by atoms with Gasteiger partial charge in [-0.15, -0.1) is 0 Å². The van der Waals surface area contributed by atoms with E-state index in [2.05, 4.69) is 6.26 Å². The van der Waals surface area contributed by atoms with E-state index in [1.165, 1.54) is 0 Å². The van der Waals surface area contributed by atoms with E-state index < -0.39 is 10.1 Å². The molecule has 1 N–H and O–H groups in total. The van der Waals surface area contributed by atoms with Gasteiger partial charge >= 0.3 is 22.4 Å². The SMILES string of the molecule is [Ag+].[CH2-]S(=O)(=O)O. The molecule has 6 heavy (non-hydrogen) atoms. The van der Waals surface area contributed by atoms with E-state index in [4.69, 9.17) is 13.0 Å². The molecule has 0 amide bonds. The van der Waals surface area contributed by atoms with Gasteiger partial charge in [0, 0.05) is 0 Å². The minimum atomic E-state index is -3.92. The third kappa shape index (κ3) is 147. The van der Waals surface area contributed by atoms with E-state index in [-0.39, 0.29) is 22.4 Å². The van der Waals surface area contributed by atoms with Crippen LogP contribution < -0.4 is 0 Å². The minimum Gasteiger partial charge on any atom is -0.310 e. The average Bonchev–Trinajstić information content (AvgIpc) is 0.722. The Balaban J connectivity index is 0. The van der Waals surface area contributed by atoms with Crippen molar-refractivity contribution in [3.8, 4) is 0 Å². The molecule has 0 atom stereocenters. The third-order valence-corrected chi connectivity index (χ3v) is 0. The van der Waals surface area contributed by atoms with Crippen LogP contribution >= 0.6 is 0 Å². The molecule has 0 heterocycles. The molecule has 0 saturated heterocycles. The number of rotatable bonds is 0. The summed E-state index contributed by atoms with van der Waals surface area (Å²) in [5.74, 6) is 0. The number of hydrogen-bond acceptors (Lipinski definition) is 2. The molecule has 0 fully saturated rings. The van der Waals surface area contributed by atoms with Gasteiger partial charge in [-0.2, -0.15) is 6.26 Å². The first-order chi connectivity index (χ1) is 2.00. The molecule has 0 aliphatic heterocycles. The summed E-state index contributed by atoms with van der Waals surface area (Å²) in [6.07, 6.45) is 2.30. The molecule has 3 nitrogen and oxygen atoms in total. The topological polar surface area (TPSA) is 54.4 Å². The zero-order valence-electron chi connectivity index (χ0n) is 2.68. The van der Waals surface area contributed by atoms with Gasteiger partial charge in [-0.1, -0.05) is 0 Å². The van der Waals surface area contributed by atoms with Crippen LogP contribution in [0.5, 0.6) is 0 Å². The van der Waals surface area contributed by atoms with Crippen molar-refractivity contribution in [1.82, 2.24) is 0 Å². The largest absolute Gasteiger partial charge is 1.00 e. The molecule has 0 radical (unpaired) electrons. The van der Waals surface area contributed by atoms with Gasteiger partial charge < -0.3 is 4.55 Å². The summed E-state index contributed by atoms with van der Waals surface area (Å²) < 4.78 is 25.5. The minimum absolute atomic E-state index is 0. The van der Waals surface area contributed by atoms with Crippen LogP contribution in [0.1, 0.15) is 0 Å². The molecular formula is CH3AgO3S. The van der Waals surface area contributed by atoms with E-state index in [0.717, 1.165) is 0 Å². The molecule has 0 aromatic rings. The molecule has 5 heteroatoms. The van der Waals surface area contributed by atoms with Gasteiger partial charge in [-0.05, 0) is 0 Å². The maximum Gasteiger partial charge on any atom is 1.00 e. The molecule has 0 saturated carbocycles. The molecule has 42 valence electrons. The zero-order chi connectivity index (χ0) is 4.50. The van der Waals surface area contributed by atoms with E-state index >= 15 is 0 Å². The fourth-order valence-corrected chi connectivity index (χ4v) is 0. The van der Waals surface area contributed by atoms with Crippen LogP contribution in [0.2, 0.25) is 0 Å². The van der Waals surface area contributed by atoms with Crippen LogP contribution in [-0.4, -0.2) is 13.0 Å². The van der Waals surface area contributed by atoms with Gasteiger partial charge in [0.05, 0.1) is 0 Å². The van der Waals surface area contributed by atoms with Crippen molar-refractivity contribution in [2.75, 3.05) is 0 Å². The second-order valence-corrected chi connectivity index (χ2v) is 1.75. The second-order valence-electron chi connectivity index (χ2n) is 0.582. The predicted molar refractivity (Wildman–Crippen MR) is 16.9 cm³/mol. The number of hydrogen-bond donors (Lipinski definition) is 1. The summed E-state index contributed by atoms with van der Waals surface area (Å²) in [7, 11) is -3.92. The Hall–Kier alpha value is 0.650. The molecule has 0 aliphatic rings. The molecule has 0 bridgehead atoms. The standard InChI is InChI=1S/CH3O3S.Ag/c1-5(2,3)4;/h1H2,(H,2,3,4);/q-1;+1. The Kier molecular flexibility index (Phi) is 4.52. The van der Waals surface area contributed by atoms with Gasteiger partial charge in [-0.25, -0.2) is 8.42 Å². The van der Waals surface area contributed by atoms with Crippen molar-refractivity contribution >= 4 is 10.1 Å². The summed E-state index contributed by atoms with van der Waals surface area (Å²) in [5.41, 5.74) is 0. The van der Waals surface area contributed by atoms with Crippen molar-refractivity contribution in [3.05, 3.63) is 6.26 Å². The fourth-order valence-electron chi connectivity index (χ4n) is 0. The maximum atomic E-state index is 9.08. The maximum absolute atomic E-state index is 9.08. The van der Waals surface area contributed by atoms with Crippen molar-refractivity contribution in [1.29, 1.82) is 0 Å². The van der Waals surface area contributed by atoms with Crippen molar-refractivity contribution in [3.63, 3.8) is 0 Å². The molecule has 0 spiro atoms. The normalized spacial score (nSPS) is 9.67. The smallest absolute Gasteiger partial charge is 0.310 e. The Morgan fingerprint density at radius 2 is 1.50 bits per heavy atom. The van der Waals surface area contributed by atoms with Crippen molar-refractivity contribution in [2.45, 2.75) is 0 Å². The van der Waals surface area contributed by atoms with E-state index in [0.29, 0.717) is 0 Å². The average molecular weight is 203 g/mol. The van der Waals surface area contributed by atoms with Gasteiger partial charge in [-0.3, -0.25) is 0 Å². The summed E-state index contributed by atoms with van der Waals surface area (Å²) >= 11 is 0. The predicted octanol–water partition coefficient (Wildman–Crippen LogP) is -0.337. The quantitative estimate of drug-likeness (QED) is 0.333. The van der Waals surface area contributed by atoms with E-state index in [9.17, 15) is 0 Å². The fraction of sp³-hybridized carbons (Fsp3) is 0. The van der Waals surface area contributed by atoms with Gasteiger partial charge in [0.25, 0.3) is 0 Å². The van der Waals surface area contributed by atoms with Crippen LogP contribution in [0.3, 0.4) is 0 Å². The first kappa shape index (κ1) is 9.82. The Bertz CT molecular complexity index is 94.0.